The number of sulfonamides is 1. The van der Waals surface area contributed by atoms with Crippen molar-refractivity contribution in [3.8, 4) is 11.5 Å². The summed E-state index contributed by atoms with van der Waals surface area (Å²) in [7, 11) is -1.23. The molecule has 0 saturated carbocycles. The number of benzene rings is 2. The van der Waals surface area contributed by atoms with Crippen LogP contribution in [0, 0.1) is 13.8 Å². The number of anilines is 1. The molecule has 0 saturated heterocycles. The maximum atomic E-state index is 13.5. The van der Waals surface area contributed by atoms with E-state index in [9.17, 15) is 13.2 Å². The van der Waals surface area contributed by atoms with E-state index in [1.54, 1.807) is 37.3 Å². The summed E-state index contributed by atoms with van der Waals surface area (Å²) >= 11 is 3.33. The van der Waals surface area contributed by atoms with E-state index in [2.05, 4.69) is 26.5 Å². The third kappa shape index (κ3) is 5.78. The third-order valence-corrected chi connectivity index (χ3v) is 7.37. The lowest BCUT2D eigenvalue weighted by molar-refractivity contribution is -0.119. The van der Waals surface area contributed by atoms with Crippen LogP contribution in [0.15, 0.2) is 67.4 Å². The van der Waals surface area contributed by atoms with Gasteiger partial charge in [-0.05, 0) is 54.0 Å². The summed E-state index contributed by atoms with van der Waals surface area (Å²) < 4.78 is 44.8. The second kappa shape index (κ2) is 10.7. The molecule has 0 aliphatic heterocycles. The van der Waals surface area contributed by atoms with E-state index in [0.717, 1.165) is 14.3 Å². The Balaban J connectivity index is 1.93. The summed E-state index contributed by atoms with van der Waals surface area (Å²) in [5.74, 6) is 1.12. The quantitative estimate of drug-likeness (QED) is 0.318. The third-order valence-electron chi connectivity index (χ3n) is 4.81. The Morgan fingerprint density at radius 1 is 1.12 bits per heavy atom. The van der Waals surface area contributed by atoms with Crippen molar-refractivity contribution in [2.24, 2.45) is 5.10 Å². The highest BCUT2D eigenvalue weighted by Gasteiger charge is 2.29. The molecule has 0 radical (unpaired) electrons. The molecular formula is C23H24BrN3O6S. The Bertz CT molecular complexity index is 1280. The summed E-state index contributed by atoms with van der Waals surface area (Å²) in [6.07, 6.45) is 1.32. The van der Waals surface area contributed by atoms with Crippen molar-refractivity contribution in [3.63, 3.8) is 0 Å². The number of rotatable bonds is 9. The Morgan fingerprint density at radius 3 is 2.41 bits per heavy atom. The SMILES string of the molecule is COc1ccc(N(CC(=O)N/N=C\c2cc(Br)c(C)o2)S(=O)(=O)c2ccc(C)cc2)c(OC)c1. The first-order valence-corrected chi connectivity index (χ1v) is 12.3. The van der Waals surface area contributed by atoms with Gasteiger partial charge in [0.15, 0.2) is 0 Å². The monoisotopic (exact) mass is 549 g/mol. The van der Waals surface area contributed by atoms with Crippen LogP contribution in [0.25, 0.3) is 0 Å². The van der Waals surface area contributed by atoms with E-state index in [-0.39, 0.29) is 16.3 Å². The van der Waals surface area contributed by atoms with Crippen molar-refractivity contribution < 1.29 is 27.1 Å². The van der Waals surface area contributed by atoms with Crippen molar-refractivity contribution in [1.29, 1.82) is 0 Å². The van der Waals surface area contributed by atoms with Gasteiger partial charge in [-0.15, -0.1) is 0 Å². The summed E-state index contributed by atoms with van der Waals surface area (Å²) in [6.45, 7) is 3.08. The van der Waals surface area contributed by atoms with E-state index in [4.69, 9.17) is 13.9 Å². The topological polar surface area (TPSA) is 110 Å². The number of halogens is 1. The first-order chi connectivity index (χ1) is 16.1. The fourth-order valence-corrected chi connectivity index (χ4v) is 4.74. The number of carbonyl (C=O) groups excluding carboxylic acids is 1. The van der Waals surface area contributed by atoms with Gasteiger partial charge in [-0.3, -0.25) is 9.10 Å². The molecule has 1 aromatic heterocycles. The lowest BCUT2D eigenvalue weighted by Crippen LogP contribution is -2.39. The fourth-order valence-electron chi connectivity index (χ4n) is 3.01. The number of methoxy groups -OCH3 is 2. The summed E-state index contributed by atoms with van der Waals surface area (Å²) in [5, 5.41) is 3.87. The highest BCUT2D eigenvalue weighted by atomic mass is 79.9. The molecular weight excluding hydrogens is 526 g/mol. The van der Waals surface area contributed by atoms with Gasteiger partial charge in [-0.1, -0.05) is 17.7 Å². The number of furan rings is 1. The predicted molar refractivity (Wildman–Crippen MR) is 132 cm³/mol. The second-order valence-corrected chi connectivity index (χ2v) is 9.93. The predicted octanol–water partition coefficient (Wildman–Crippen LogP) is 4.02. The van der Waals surface area contributed by atoms with Gasteiger partial charge in [-0.2, -0.15) is 5.10 Å². The van der Waals surface area contributed by atoms with Crippen LogP contribution in [0.2, 0.25) is 0 Å². The highest BCUT2D eigenvalue weighted by Crippen LogP contribution is 2.35. The number of amides is 1. The van der Waals surface area contributed by atoms with E-state index in [1.165, 1.54) is 38.6 Å². The number of nitrogens with zero attached hydrogens (tertiary/aromatic N) is 2. The Kier molecular flexibility index (Phi) is 8.00. The number of ether oxygens (including phenoxy) is 2. The first kappa shape index (κ1) is 25.3. The molecule has 3 rings (SSSR count). The van der Waals surface area contributed by atoms with Gasteiger partial charge in [-0.25, -0.2) is 13.8 Å². The Hall–Kier alpha value is -3.31. The van der Waals surface area contributed by atoms with Gasteiger partial charge in [0.25, 0.3) is 15.9 Å². The molecule has 0 bridgehead atoms. The maximum absolute atomic E-state index is 13.5. The van der Waals surface area contributed by atoms with Crippen molar-refractivity contribution in [2.75, 3.05) is 25.1 Å². The summed E-state index contributed by atoms with van der Waals surface area (Å²) in [6, 6.07) is 12.7. The molecule has 180 valence electrons. The largest absolute Gasteiger partial charge is 0.497 e. The van der Waals surface area contributed by atoms with Crippen LogP contribution in [0.5, 0.6) is 11.5 Å². The normalized spacial score (nSPS) is 11.4. The van der Waals surface area contributed by atoms with Crippen LogP contribution < -0.4 is 19.2 Å². The Morgan fingerprint density at radius 2 is 1.82 bits per heavy atom. The van der Waals surface area contributed by atoms with Crippen molar-refractivity contribution >= 4 is 43.8 Å². The van der Waals surface area contributed by atoms with Gasteiger partial charge >= 0.3 is 0 Å². The van der Waals surface area contributed by atoms with Crippen LogP contribution in [0.1, 0.15) is 17.1 Å². The van der Waals surface area contributed by atoms with E-state index in [0.29, 0.717) is 17.3 Å². The fraction of sp³-hybridized carbons (Fsp3) is 0.217. The van der Waals surface area contributed by atoms with Crippen molar-refractivity contribution in [1.82, 2.24) is 5.43 Å². The average molecular weight is 550 g/mol. The number of hydrogen-bond acceptors (Lipinski definition) is 7. The van der Waals surface area contributed by atoms with Crippen molar-refractivity contribution in [3.05, 3.63) is 70.1 Å². The lowest BCUT2D eigenvalue weighted by atomic mass is 10.2. The number of carbonyl (C=O) groups is 1. The number of hydrogen-bond donors (Lipinski definition) is 1. The molecule has 3 aromatic rings. The molecule has 34 heavy (non-hydrogen) atoms. The second-order valence-electron chi connectivity index (χ2n) is 7.21. The summed E-state index contributed by atoms with van der Waals surface area (Å²) in [5.41, 5.74) is 3.41. The van der Waals surface area contributed by atoms with Crippen LogP contribution in [-0.2, 0) is 14.8 Å². The van der Waals surface area contributed by atoms with Gasteiger partial charge in [0.2, 0.25) is 0 Å². The minimum atomic E-state index is -4.12. The van der Waals surface area contributed by atoms with Crippen LogP contribution in [0.4, 0.5) is 5.69 Å². The van der Waals surface area contributed by atoms with Crippen LogP contribution in [-0.4, -0.2) is 41.3 Å². The molecule has 2 aromatic carbocycles. The number of aryl methyl sites for hydroxylation is 2. The molecule has 1 N–H and O–H groups in total. The number of nitrogens with one attached hydrogen (secondary N) is 1. The van der Waals surface area contributed by atoms with Gasteiger partial charge in [0.05, 0.1) is 35.5 Å². The Labute approximate surface area is 206 Å². The first-order valence-electron chi connectivity index (χ1n) is 10.0. The molecule has 11 heteroatoms. The van der Waals surface area contributed by atoms with Crippen molar-refractivity contribution in [2.45, 2.75) is 18.7 Å². The molecule has 1 heterocycles. The standard InChI is InChI=1S/C23H24BrN3O6S/c1-15-5-8-19(9-6-15)34(29,30)27(21-10-7-17(31-3)12-22(21)32-4)14-23(28)26-25-13-18-11-20(24)16(2)33-18/h5-13H,14H2,1-4H3,(H,26,28)/b25-13-. The molecule has 0 fully saturated rings. The summed E-state index contributed by atoms with van der Waals surface area (Å²) in [4.78, 5) is 12.7. The minimum absolute atomic E-state index is 0.0307. The van der Waals surface area contributed by atoms with Crippen LogP contribution in [0.3, 0.4) is 0 Å². The molecule has 0 aliphatic carbocycles. The molecule has 0 aliphatic rings. The minimum Gasteiger partial charge on any atom is -0.497 e. The maximum Gasteiger partial charge on any atom is 0.264 e. The zero-order chi connectivity index (χ0) is 24.9. The molecule has 0 unspecified atom stereocenters. The van der Waals surface area contributed by atoms with Gasteiger partial charge in [0.1, 0.15) is 29.6 Å². The highest BCUT2D eigenvalue weighted by molar-refractivity contribution is 9.10. The lowest BCUT2D eigenvalue weighted by Gasteiger charge is -2.25. The molecule has 1 amide bonds. The number of hydrazone groups is 1. The van der Waals surface area contributed by atoms with Crippen LogP contribution >= 0.6 is 15.9 Å². The van der Waals surface area contributed by atoms with E-state index < -0.39 is 22.5 Å². The average Bonchev–Trinajstić information content (AvgIpc) is 3.14. The molecule has 0 atom stereocenters. The molecule has 0 spiro atoms. The van der Waals surface area contributed by atoms with Gasteiger partial charge in [0, 0.05) is 12.1 Å². The smallest absolute Gasteiger partial charge is 0.264 e. The van der Waals surface area contributed by atoms with E-state index in [1.807, 2.05) is 6.92 Å². The zero-order valence-corrected chi connectivity index (χ0v) is 21.4. The van der Waals surface area contributed by atoms with Gasteiger partial charge < -0.3 is 13.9 Å². The van der Waals surface area contributed by atoms with E-state index >= 15 is 0 Å². The molecule has 9 nitrogen and oxygen atoms in total. The zero-order valence-electron chi connectivity index (χ0n) is 19.0.